The van der Waals surface area contributed by atoms with Gasteiger partial charge in [-0.05, 0) is 29.8 Å². The van der Waals surface area contributed by atoms with Gasteiger partial charge in [-0.1, -0.05) is 34.1 Å². The Bertz CT molecular complexity index is 1420. The van der Waals surface area contributed by atoms with Crippen molar-refractivity contribution in [3.8, 4) is 0 Å². The van der Waals surface area contributed by atoms with Crippen LogP contribution in [0.2, 0.25) is 0 Å². The summed E-state index contributed by atoms with van der Waals surface area (Å²) in [5, 5.41) is 0. The molecule has 0 amide bonds. The molecule has 0 spiro atoms. The van der Waals surface area contributed by atoms with Crippen molar-refractivity contribution < 1.29 is 0 Å². The van der Waals surface area contributed by atoms with Gasteiger partial charge in [0, 0.05) is 50.9 Å². The number of imidazole rings is 1. The minimum Gasteiger partial charge on any atom is -0.353 e. The quantitative estimate of drug-likeness (QED) is 0.418. The van der Waals surface area contributed by atoms with Gasteiger partial charge in [-0.25, -0.2) is 9.78 Å². The predicted molar refractivity (Wildman–Crippen MR) is 132 cm³/mol. The van der Waals surface area contributed by atoms with Crippen LogP contribution in [0, 0.1) is 0 Å². The number of nitrogens with zero attached hydrogens (tertiary/aromatic N) is 7. The fourth-order valence-corrected chi connectivity index (χ4v) is 4.57. The lowest BCUT2D eigenvalue weighted by Crippen LogP contribution is -2.47. The molecule has 0 aliphatic carbocycles. The number of piperazine rings is 1. The van der Waals surface area contributed by atoms with E-state index < -0.39 is 0 Å². The second-order valence-corrected chi connectivity index (χ2v) is 9.08. The molecule has 1 fully saturated rings. The molecule has 10 heteroatoms. The van der Waals surface area contributed by atoms with E-state index in [1.54, 1.807) is 13.2 Å². The van der Waals surface area contributed by atoms with Gasteiger partial charge in [-0.2, -0.15) is 4.98 Å². The highest BCUT2D eigenvalue weighted by atomic mass is 79.9. The lowest BCUT2D eigenvalue weighted by atomic mass is 10.2. The highest BCUT2D eigenvalue weighted by Gasteiger charge is 2.25. The first-order valence-corrected chi connectivity index (χ1v) is 11.5. The number of hydrogen-bond acceptors (Lipinski definition) is 6. The molecule has 5 rings (SSSR count). The molecule has 0 saturated carbocycles. The van der Waals surface area contributed by atoms with Crippen molar-refractivity contribution in [1.82, 2.24) is 23.7 Å². The van der Waals surface area contributed by atoms with E-state index in [2.05, 4.69) is 30.7 Å². The fraction of sp³-hybridized carbons (Fsp3) is 0.304. The molecular weight excluding hydrogens is 486 g/mol. The van der Waals surface area contributed by atoms with Crippen molar-refractivity contribution in [3.63, 3.8) is 0 Å². The Morgan fingerprint density at radius 3 is 2.27 bits per heavy atom. The molecule has 170 valence electrons. The molecule has 1 aliphatic rings. The van der Waals surface area contributed by atoms with Gasteiger partial charge in [0.15, 0.2) is 11.2 Å². The van der Waals surface area contributed by atoms with Gasteiger partial charge in [0.05, 0.1) is 6.54 Å². The maximum absolute atomic E-state index is 13.4. The molecule has 1 aromatic carbocycles. The number of aromatic nitrogens is 5. The molecule has 4 heterocycles. The Hall–Kier alpha value is -3.40. The zero-order valence-corrected chi connectivity index (χ0v) is 20.1. The van der Waals surface area contributed by atoms with Gasteiger partial charge in [0.1, 0.15) is 5.82 Å². The molecule has 1 aliphatic heterocycles. The molecule has 4 aromatic rings. The molecule has 3 aromatic heterocycles. The van der Waals surface area contributed by atoms with Crippen molar-refractivity contribution in [2.75, 3.05) is 36.0 Å². The summed E-state index contributed by atoms with van der Waals surface area (Å²) in [5.41, 5.74) is 1.01. The summed E-state index contributed by atoms with van der Waals surface area (Å²) >= 11 is 3.41. The number of pyridine rings is 1. The largest absolute Gasteiger partial charge is 0.353 e. The van der Waals surface area contributed by atoms with E-state index in [9.17, 15) is 9.59 Å². The normalized spacial score (nSPS) is 14.3. The van der Waals surface area contributed by atoms with Gasteiger partial charge in [0.2, 0.25) is 5.95 Å². The van der Waals surface area contributed by atoms with Crippen molar-refractivity contribution in [3.05, 3.63) is 79.5 Å². The standard InChI is InChI=1S/C23H24BrN7O2/c1-27-19-20(26-22(27)30-13-11-29(12-14-30)18-5-3-4-10-25-18)28(2)23(33)31(21(19)32)15-16-6-8-17(24)9-7-16/h3-10H,11-15H2,1-2H3. The smallest absolute Gasteiger partial charge is 0.332 e. The molecule has 9 nitrogen and oxygen atoms in total. The van der Waals surface area contributed by atoms with E-state index in [0.717, 1.165) is 42.0 Å². The SMILES string of the molecule is Cn1c(N2CCN(c3ccccn3)CC2)nc2c1c(=O)n(Cc1ccc(Br)cc1)c(=O)n2C. The van der Waals surface area contributed by atoms with Crippen LogP contribution in [-0.2, 0) is 20.6 Å². The predicted octanol–water partition coefficient (Wildman–Crippen LogP) is 1.97. The summed E-state index contributed by atoms with van der Waals surface area (Å²) in [5.74, 6) is 1.65. The first-order valence-electron chi connectivity index (χ1n) is 10.8. The van der Waals surface area contributed by atoms with Gasteiger partial charge in [-0.15, -0.1) is 0 Å². The Balaban J connectivity index is 1.48. The fourth-order valence-electron chi connectivity index (χ4n) is 4.30. The summed E-state index contributed by atoms with van der Waals surface area (Å²) in [4.78, 5) is 39.9. The first kappa shape index (κ1) is 21.4. The summed E-state index contributed by atoms with van der Waals surface area (Å²) in [6.45, 7) is 3.29. The number of aryl methyl sites for hydroxylation is 2. The maximum atomic E-state index is 13.4. The highest BCUT2D eigenvalue weighted by Crippen LogP contribution is 2.21. The van der Waals surface area contributed by atoms with Crippen LogP contribution in [0.3, 0.4) is 0 Å². The molecular formula is C23H24BrN7O2. The average Bonchev–Trinajstić information content (AvgIpc) is 3.19. The van der Waals surface area contributed by atoms with Crippen molar-refractivity contribution in [2.45, 2.75) is 6.54 Å². The van der Waals surface area contributed by atoms with Crippen molar-refractivity contribution >= 4 is 38.9 Å². The number of anilines is 2. The Morgan fingerprint density at radius 2 is 1.61 bits per heavy atom. The number of fused-ring (bicyclic) bond motifs is 1. The zero-order valence-electron chi connectivity index (χ0n) is 18.5. The molecule has 0 unspecified atom stereocenters. The molecule has 0 radical (unpaired) electrons. The van der Waals surface area contributed by atoms with Crippen LogP contribution >= 0.6 is 15.9 Å². The van der Waals surface area contributed by atoms with E-state index in [-0.39, 0.29) is 17.8 Å². The van der Waals surface area contributed by atoms with E-state index in [0.29, 0.717) is 17.1 Å². The first-order chi connectivity index (χ1) is 15.9. The van der Waals surface area contributed by atoms with E-state index >= 15 is 0 Å². The molecule has 1 saturated heterocycles. The number of hydrogen-bond donors (Lipinski definition) is 0. The third kappa shape index (κ3) is 3.84. The van der Waals surface area contributed by atoms with Gasteiger partial charge < -0.3 is 14.4 Å². The van der Waals surface area contributed by atoms with Crippen LogP contribution in [0.1, 0.15) is 5.56 Å². The Labute approximate surface area is 198 Å². The minimum atomic E-state index is -0.375. The summed E-state index contributed by atoms with van der Waals surface area (Å²) in [7, 11) is 3.50. The minimum absolute atomic E-state index is 0.206. The molecule has 0 N–H and O–H groups in total. The lowest BCUT2D eigenvalue weighted by Gasteiger charge is -2.35. The van der Waals surface area contributed by atoms with E-state index in [1.165, 1.54) is 9.13 Å². The number of halogens is 1. The average molecular weight is 510 g/mol. The third-order valence-corrected chi connectivity index (χ3v) is 6.65. The maximum Gasteiger partial charge on any atom is 0.332 e. The van der Waals surface area contributed by atoms with E-state index in [4.69, 9.17) is 4.98 Å². The Morgan fingerprint density at radius 1 is 0.909 bits per heavy atom. The van der Waals surface area contributed by atoms with Gasteiger partial charge >= 0.3 is 5.69 Å². The van der Waals surface area contributed by atoms with Crippen LogP contribution in [0.25, 0.3) is 11.2 Å². The van der Waals surface area contributed by atoms with E-state index in [1.807, 2.05) is 54.1 Å². The van der Waals surface area contributed by atoms with Crippen LogP contribution in [0.4, 0.5) is 11.8 Å². The van der Waals surface area contributed by atoms with Crippen LogP contribution < -0.4 is 21.0 Å². The van der Waals surface area contributed by atoms with Crippen LogP contribution in [0.5, 0.6) is 0 Å². The zero-order chi connectivity index (χ0) is 23.1. The molecule has 0 bridgehead atoms. The highest BCUT2D eigenvalue weighted by molar-refractivity contribution is 9.10. The van der Waals surface area contributed by atoms with Crippen LogP contribution in [-0.4, -0.2) is 49.8 Å². The lowest BCUT2D eigenvalue weighted by molar-refractivity contribution is 0.627. The van der Waals surface area contributed by atoms with Crippen LogP contribution in [0.15, 0.2) is 62.7 Å². The number of benzene rings is 1. The van der Waals surface area contributed by atoms with Gasteiger partial charge in [-0.3, -0.25) is 13.9 Å². The molecule has 0 atom stereocenters. The van der Waals surface area contributed by atoms with Crippen molar-refractivity contribution in [1.29, 1.82) is 0 Å². The second-order valence-electron chi connectivity index (χ2n) is 8.16. The summed E-state index contributed by atoms with van der Waals surface area (Å²) in [6, 6.07) is 13.5. The van der Waals surface area contributed by atoms with Crippen molar-refractivity contribution in [2.24, 2.45) is 14.1 Å². The van der Waals surface area contributed by atoms with Gasteiger partial charge in [0.25, 0.3) is 5.56 Å². The summed E-state index contributed by atoms with van der Waals surface area (Å²) in [6.07, 6.45) is 1.80. The third-order valence-electron chi connectivity index (χ3n) is 6.13. The monoisotopic (exact) mass is 509 g/mol. The summed E-state index contributed by atoms with van der Waals surface area (Å²) < 4.78 is 5.49. The Kier molecular flexibility index (Phi) is 5.53. The number of rotatable bonds is 4. The second kappa shape index (κ2) is 8.51. The molecule has 33 heavy (non-hydrogen) atoms. The topological polar surface area (TPSA) is 81.2 Å².